The molecule has 0 aliphatic heterocycles. The van der Waals surface area contributed by atoms with Crippen molar-refractivity contribution in [3.63, 3.8) is 0 Å². The fourth-order valence-corrected chi connectivity index (χ4v) is 4.52. The van der Waals surface area contributed by atoms with Crippen molar-refractivity contribution in [2.45, 2.75) is 17.3 Å². The van der Waals surface area contributed by atoms with Crippen LogP contribution in [0.3, 0.4) is 0 Å². The Morgan fingerprint density at radius 2 is 1.21 bits per heavy atom. The highest BCUT2D eigenvalue weighted by Gasteiger charge is 2.72. The molecule has 4 rings (SSSR count). The van der Waals surface area contributed by atoms with Gasteiger partial charge in [-0.15, -0.1) is 0 Å². The van der Waals surface area contributed by atoms with E-state index in [-0.39, 0.29) is 23.8 Å². The van der Waals surface area contributed by atoms with Crippen LogP contribution >= 0.6 is 0 Å². The van der Waals surface area contributed by atoms with Gasteiger partial charge in [0.15, 0.2) is 0 Å². The van der Waals surface area contributed by atoms with Gasteiger partial charge in [-0.2, -0.15) is 0 Å². The molecular weight excluding hydrogens is 364 g/mol. The number of ether oxygens (including phenoxy) is 2. The highest BCUT2D eigenvalue weighted by molar-refractivity contribution is 5.93. The lowest BCUT2D eigenvalue weighted by molar-refractivity contribution is -0.144. The lowest BCUT2D eigenvalue weighted by Crippen LogP contribution is -2.25. The summed E-state index contributed by atoms with van der Waals surface area (Å²) in [4.78, 5) is 25.0. The molecule has 0 N–H and O–H groups in total. The summed E-state index contributed by atoms with van der Waals surface area (Å²) < 4.78 is 10.1. The Labute approximate surface area is 170 Å². The van der Waals surface area contributed by atoms with Crippen LogP contribution in [-0.4, -0.2) is 26.2 Å². The molecule has 0 heterocycles. The maximum atomic E-state index is 13.2. The highest BCUT2D eigenvalue weighted by Crippen LogP contribution is 2.71. The molecule has 0 saturated heterocycles. The fraction of sp³-hybridized carbons (Fsp3) is 0.200. The summed E-state index contributed by atoms with van der Waals surface area (Å²) in [5.74, 6) is -0.775. The number of benzene rings is 3. The van der Waals surface area contributed by atoms with Crippen LogP contribution in [0.25, 0.3) is 0 Å². The summed E-state index contributed by atoms with van der Waals surface area (Å²) in [5, 5.41) is 0. The van der Waals surface area contributed by atoms with E-state index in [1.165, 1.54) is 14.2 Å². The monoisotopic (exact) mass is 386 g/mol. The zero-order chi connectivity index (χ0) is 20.4. The van der Waals surface area contributed by atoms with E-state index in [1.807, 2.05) is 72.8 Å². The van der Waals surface area contributed by atoms with Gasteiger partial charge in [-0.3, -0.25) is 4.79 Å². The molecule has 3 aromatic carbocycles. The number of esters is 2. The lowest BCUT2D eigenvalue weighted by atomic mass is 9.88. The molecule has 0 aromatic heterocycles. The second-order valence-corrected chi connectivity index (χ2v) is 7.21. The standard InChI is InChI=1S/C25H22O4/c1-28-23(26)19-15-13-18(14-16-19)22-21(17-9-5-3-6-10-17)25(22,24(27)29-2)20-11-7-4-8-12-20/h3-16,21-22H,1-2H3/t21?,22-,25-/m1/s1. The fourth-order valence-electron chi connectivity index (χ4n) is 4.52. The van der Waals surface area contributed by atoms with Crippen molar-refractivity contribution in [3.05, 3.63) is 107 Å². The Hall–Kier alpha value is -3.40. The van der Waals surface area contributed by atoms with E-state index in [0.717, 1.165) is 16.7 Å². The summed E-state index contributed by atoms with van der Waals surface area (Å²) in [6, 6.07) is 27.1. The van der Waals surface area contributed by atoms with E-state index in [1.54, 1.807) is 12.1 Å². The topological polar surface area (TPSA) is 52.6 Å². The molecule has 3 atom stereocenters. The van der Waals surface area contributed by atoms with Gasteiger partial charge in [-0.1, -0.05) is 72.8 Å². The number of carbonyl (C=O) groups is 2. The molecule has 146 valence electrons. The number of carbonyl (C=O) groups excluding carboxylic acids is 2. The first-order valence-electron chi connectivity index (χ1n) is 9.51. The van der Waals surface area contributed by atoms with Crippen LogP contribution in [0.2, 0.25) is 0 Å². The Morgan fingerprint density at radius 1 is 0.690 bits per heavy atom. The normalized spacial score (nSPS) is 22.6. The molecule has 4 nitrogen and oxygen atoms in total. The number of methoxy groups -OCH3 is 2. The zero-order valence-corrected chi connectivity index (χ0v) is 16.4. The van der Waals surface area contributed by atoms with Gasteiger partial charge in [-0.25, -0.2) is 4.79 Å². The van der Waals surface area contributed by atoms with Crippen molar-refractivity contribution in [1.29, 1.82) is 0 Å². The van der Waals surface area contributed by atoms with Crippen molar-refractivity contribution in [2.24, 2.45) is 0 Å². The molecule has 0 spiro atoms. The van der Waals surface area contributed by atoms with Crippen LogP contribution < -0.4 is 0 Å². The van der Waals surface area contributed by atoms with Crippen LogP contribution in [0.15, 0.2) is 84.9 Å². The minimum atomic E-state index is -0.801. The average Bonchev–Trinajstić information content (AvgIpc) is 3.50. The average molecular weight is 386 g/mol. The SMILES string of the molecule is COC(=O)c1ccc([C@@H]2C(c3ccccc3)[C@]2(C(=O)OC)c2ccccc2)cc1. The van der Waals surface area contributed by atoms with Crippen LogP contribution in [0, 0.1) is 0 Å². The highest BCUT2D eigenvalue weighted by atomic mass is 16.5. The van der Waals surface area contributed by atoms with Crippen LogP contribution in [0.1, 0.15) is 38.9 Å². The van der Waals surface area contributed by atoms with Crippen LogP contribution in [-0.2, 0) is 19.7 Å². The summed E-state index contributed by atoms with van der Waals surface area (Å²) in [6.07, 6.45) is 0. The molecular formula is C25H22O4. The molecule has 3 aromatic rings. The molecule has 1 fully saturated rings. The quantitative estimate of drug-likeness (QED) is 0.608. The predicted octanol–water partition coefficient (Wildman–Crippen LogP) is 4.47. The molecule has 0 amide bonds. The van der Waals surface area contributed by atoms with E-state index in [0.29, 0.717) is 5.56 Å². The molecule has 1 unspecified atom stereocenters. The van der Waals surface area contributed by atoms with E-state index >= 15 is 0 Å². The van der Waals surface area contributed by atoms with Gasteiger partial charge in [0.05, 0.1) is 19.8 Å². The van der Waals surface area contributed by atoms with Gasteiger partial charge in [-0.05, 0) is 28.8 Å². The van der Waals surface area contributed by atoms with Gasteiger partial charge in [0, 0.05) is 11.8 Å². The molecule has 0 bridgehead atoms. The molecule has 1 aliphatic rings. The smallest absolute Gasteiger partial charge is 0.337 e. The summed E-state index contributed by atoms with van der Waals surface area (Å²) in [5.41, 5.74) is 2.69. The van der Waals surface area contributed by atoms with E-state index in [4.69, 9.17) is 9.47 Å². The van der Waals surface area contributed by atoms with Crippen molar-refractivity contribution >= 4 is 11.9 Å². The Balaban J connectivity index is 1.85. The Morgan fingerprint density at radius 3 is 1.72 bits per heavy atom. The number of hydrogen-bond donors (Lipinski definition) is 0. The molecule has 29 heavy (non-hydrogen) atoms. The van der Waals surface area contributed by atoms with Crippen molar-refractivity contribution < 1.29 is 19.1 Å². The maximum Gasteiger partial charge on any atom is 0.337 e. The summed E-state index contributed by atoms with van der Waals surface area (Å²) >= 11 is 0. The minimum absolute atomic E-state index is 0.0532. The van der Waals surface area contributed by atoms with E-state index in [9.17, 15) is 9.59 Å². The van der Waals surface area contributed by atoms with Crippen molar-refractivity contribution in [3.8, 4) is 0 Å². The predicted molar refractivity (Wildman–Crippen MR) is 110 cm³/mol. The summed E-state index contributed by atoms with van der Waals surface area (Å²) in [6.45, 7) is 0. The van der Waals surface area contributed by atoms with Crippen molar-refractivity contribution in [2.75, 3.05) is 14.2 Å². The zero-order valence-electron chi connectivity index (χ0n) is 16.4. The first-order valence-corrected chi connectivity index (χ1v) is 9.51. The third-order valence-corrected chi connectivity index (χ3v) is 5.83. The largest absolute Gasteiger partial charge is 0.468 e. The summed E-state index contributed by atoms with van der Waals surface area (Å²) in [7, 11) is 2.80. The minimum Gasteiger partial charge on any atom is -0.468 e. The van der Waals surface area contributed by atoms with Crippen molar-refractivity contribution in [1.82, 2.24) is 0 Å². The Bertz CT molecular complexity index is 1010. The number of hydrogen-bond acceptors (Lipinski definition) is 4. The number of rotatable bonds is 5. The van der Waals surface area contributed by atoms with Gasteiger partial charge in [0.2, 0.25) is 0 Å². The second kappa shape index (κ2) is 7.55. The van der Waals surface area contributed by atoms with Gasteiger partial charge < -0.3 is 9.47 Å². The molecule has 1 aliphatic carbocycles. The van der Waals surface area contributed by atoms with Crippen LogP contribution in [0.4, 0.5) is 0 Å². The third-order valence-electron chi connectivity index (χ3n) is 5.83. The Kier molecular flexibility index (Phi) is 4.93. The molecule has 0 radical (unpaired) electrons. The maximum absolute atomic E-state index is 13.2. The molecule has 1 saturated carbocycles. The third kappa shape index (κ3) is 3.01. The van der Waals surface area contributed by atoms with E-state index in [2.05, 4.69) is 0 Å². The van der Waals surface area contributed by atoms with Gasteiger partial charge in [0.1, 0.15) is 5.41 Å². The lowest BCUT2D eigenvalue weighted by Gasteiger charge is -2.17. The van der Waals surface area contributed by atoms with Gasteiger partial charge >= 0.3 is 11.9 Å². The first-order chi connectivity index (χ1) is 14.1. The van der Waals surface area contributed by atoms with E-state index < -0.39 is 5.41 Å². The van der Waals surface area contributed by atoms with Crippen LogP contribution in [0.5, 0.6) is 0 Å². The molecule has 4 heteroatoms. The van der Waals surface area contributed by atoms with Gasteiger partial charge in [0.25, 0.3) is 0 Å². The second-order valence-electron chi connectivity index (χ2n) is 7.21. The first kappa shape index (κ1) is 18.9.